The molecule has 1 aromatic heterocycles. The molecule has 158 valence electrons. The molecule has 3 amide bonds. The molecule has 2 heterocycles. The zero-order valence-corrected chi connectivity index (χ0v) is 16.8. The number of carbonyl (C=O) groups excluding carboxylic acids is 3. The van der Waals surface area contributed by atoms with E-state index in [0.29, 0.717) is 5.69 Å². The molecular weight excluding hydrogens is 412 g/mol. The van der Waals surface area contributed by atoms with Crippen LogP contribution in [0.2, 0.25) is 0 Å². The number of hydrogen-bond donors (Lipinski definition) is 2. The predicted molar refractivity (Wildman–Crippen MR) is 110 cm³/mol. The Labute approximate surface area is 176 Å². The van der Waals surface area contributed by atoms with E-state index in [9.17, 15) is 24.5 Å². The number of non-ortho nitro benzene ring substituents is 1. The normalized spacial score (nSPS) is 13.0. The summed E-state index contributed by atoms with van der Waals surface area (Å²) in [6, 6.07) is 6.95. The topological polar surface area (TPSA) is 131 Å². The molecule has 2 N–H and O–H groups in total. The summed E-state index contributed by atoms with van der Waals surface area (Å²) < 4.78 is 5.00. The molecule has 0 atom stereocenters. The maximum Gasteiger partial charge on any atom is 0.341 e. The first-order valence-corrected chi connectivity index (χ1v) is 10.1. The lowest BCUT2D eigenvalue weighted by Gasteiger charge is -2.20. The molecule has 3 rings (SSSR count). The first-order valence-electron chi connectivity index (χ1n) is 9.24. The minimum absolute atomic E-state index is 0.0149. The number of amides is 3. The van der Waals surface area contributed by atoms with E-state index < -0.39 is 29.4 Å². The molecule has 0 aliphatic carbocycles. The smallest absolute Gasteiger partial charge is 0.341 e. The number of anilines is 1. The number of carbonyl (C=O) groups is 3. The number of benzene rings is 1. The van der Waals surface area contributed by atoms with Crippen LogP contribution in [0, 0.1) is 10.1 Å². The number of nitro benzene ring substituents is 1. The van der Waals surface area contributed by atoms with Crippen LogP contribution >= 0.6 is 11.3 Å². The van der Waals surface area contributed by atoms with Gasteiger partial charge in [-0.1, -0.05) is 6.07 Å². The van der Waals surface area contributed by atoms with Gasteiger partial charge >= 0.3 is 12.0 Å². The van der Waals surface area contributed by atoms with E-state index in [1.807, 2.05) is 22.4 Å². The average Bonchev–Trinajstić information content (AvgIpc) is 3.44. The lowest BCUT2D eigenvalue weighted by Crippen LogP contribution is -2.41. The van der Waals surface area contributed by atoms with Gasteiger partial charge in [0.25, 0.3) is 11.6 Å². The van der Waals surface area contributed by atoms with E-state index in [1.165, 1.54) is 23.5 Å². The van der Waals surface area contributed by atoms with Crippen LogP contribution in [0.15, 0.2) is 35.7 Å². The number of esters is 1. The molecule has 1 saturated heterocycles. The summed E-state index contributed by atoms with van der Waals surface area (Å²) in [7, 11) is 0. The largest absolute Gasteiger partial charge is 0.452 e. The summed E-state index contributed by atoms with van der Waals surface area (Å²) in [6.45, 7) is 1.03. The minimum Gasteiger partial charge on any atom is -0.452 e. The van der Waals surface area contributed by atoms with Gasteiger partial charge in [0.1, 0.15) is 0 Å². The van der Waals surface area contributed by atoms with Crippen molar-refractivity contribution in [2.75, 3.05) is 24.6 Å². The third-order valence-electron chi connectivity index (χ3n) is 4.45. The van der Waals surface area contributed by atoms with Crippen molar-refractivity contribution in [1.29, 1.82) is 0 Å². The van der Waals surface area contributed by atoms with Gasteiger partial charge in [-0.25, -0.2) is 9.59 Å². The van der Waals surface area contributed by atoms with Gasteiger partial charge in [0.05, 0.1) is 22.7 Å². The molecule has 0 spiro atoms. The second-order valence-electron chi connectivity index (χ2n) is 6.54. The highest BCUT2D eigenvalue weighted by Gasteiger charge is 2.24. The van der Waals surface area contributed by atoms with Gasteiger partial charge in [-0.3, -0.25) is 20.2 Å². The predicted octanol–water partition coefficient (Wildman–Crippen LogP) is 2.44. The summed E-state index contributed by atoms with van der Waals surface area (Å²) in [5.41, 5.74) is 0.292. The molecule has 1 fully saturated rings. The van der Waals surface area contributed by atoms with Crippen molar-refractivity contribution in [3.05, 3.63) is 56.3 Å². The fraction of sp³-hybridized carbons (Fsp3) is 0.316. The lowest BCUT2D eigenvalue weighted by atomic mass is 10.1. The van der Waals surface area contributed by atoms with Crippen LogP contribution in [0.4, 0.5) is 16.2 Å². The van der Waals surface area contributed by atoms with Gasteiger partial charge in [0, 0.05) is 30.1 Å². The van der Waals surface area contributed by atoms with Gasteiger partial charge < -0.3 is 15.0 Å². The van der Waals surface area contributed by atoms with E-state index in [2.05, 4.69) is 10.6 Å². The van der Waals surface area contributed by atoms with E-state index in [4.69, 9.17) is 4.74 Å². The van der Waals surface area contributed by atoms with Crippen LogP contribution < -0.4 is 15.5 Å². The molecule has 30 heavy (non-hydrogen) atoms. The van der Waals surface area contributed by atoms with Crippen molar-refractivity contribution in [3.63, 3.8) is 0 Å². The molecule has 0 saturated carbocycles. The van der Waals surface area contributed by atoms with E-state index in [-0.39, 0.29) is 17.8 Å². The fourth-order valence-corrected chi connectivity index (χ4v) is 3.68. The Balaban J connectivity index is 1.57. The van der Waals surface area contributed by atoms with Crippen molar-refractivity contribution < 1.29 is 24.0 Å². The number of urea groups is 1. The van der Waals surface area contributed by atoms with Crippen molar-refractivity contribution in [2.45, 2.75) is 19.4 Å². The summed E-state index contributed by atoms with van der Waals surface area (Å²) >= 11 is 1.46. The summed E-state index contributed by atoms with van der Waals surface area (Å²) in [5, 5.41) is 17.5. The highest BCUT2D eigenvalue weighted by Crippen LogP contribution is 2.28. The standard InChI is InChI=1S/C19H20N4O6S/c24-17(21-19(26)20-11-14-4-3-9-30-14)12-29-18(25)15-10-13(23(27)28)5-6-16(15)22-7-1-2-8-22/h3-6,9-10H,1-2,7-8,11-12H2,(H2,20,21,24,26). The Hall–Kier alpha value is -3.47. The number of nitrogens with one attached hydrogen (secondary N) is 2. The molecule has 10 nitrogen and oxygen atoms in total. The zero-order valence-electron chi connectivity index (χ0n) is 16.0. The van der Waals surface area contributed by atoms with Crippen LogP contribution in [0.25, 0.3) is 0 Å². The number of nitrogens with zero attached hydrogens (tertiary/aromatic N) is 2. The molecule has 0 bridgehead atoms. The molecular formula is C19H20N4O6S. The molecule has 1 aromatic carbocycles. The number of nitro groups is 1. The minimum atomic E-state index is -0.866. The molecule has 2 aromatic rings. The number of imide groups is 1. The third kappa shape index (κ3) is 5.54. The summed E-state index contributed by atoms with van der Waals surface area (Å²) in [4.78, 5) is 49.5. The van der Waals surface area contributed by atoms with Gasteiger partial charge in [-0.15, -0.1) is 11.3 Å². The van der Waals surface area contributed by atoms with Crippen LogP contribution in [-0.2, 0) is 16.1 Å². The van der Waals surface area contributed by atoms with Crippen molar-refractivity contribution >= 4 is 40.6 Å². The molecule has 0 unspecified atom stereocenters. The van der Waals surface area contributed by atoms with Crippen LogP contribution in [0.3, 0.4) is 0 Å². The summed E-state index contributed by atoms with van der Waals surface area (Å²) in [6.07, 6.45) is 1.91. The highest BCUT2D eigenvalue weighted by molar-refractivity contribution is 7.09. The molecule has 1 aliphatic rings. The third-order valence-corrected chi connectivity index (χ3v) is 5.32. The number of ether oxygens (including phenoxy) is 1. The number of thiophene rings is 1. The average molecular weight is 432 g/mol. The van der Waals surface area contributed by atoms with Crippen molar-refractivity contribution in [1.82, 2.24) is 10.6 Å². The van der Waals surface area contributed by atoms with Gasteiger partial charge in [-0.05, 0) is 30.4 Å². The Morgan fingerprint density at radius 2 is 1.97 bits per heavy atom. The van der Waals surface area contributed by atoms with Crippen LogP contribution in [0.1, 0.15) is 28.1 Å². The molecule has 0 radical (unpaired) electrons. The zero-order chi connectivity index (χ0) is 21.5. The first-order chi connectivity index (χ1) is 14.4. The number of rotatable bonds is 7. The second kappa shape index (κ2) is 9.83. The summed E-state index contributed by atoms with van der Waals surface area (Å²) in [5.74, 6) is -1.67. The van der Waals surface area contributed by atoms with Crippen LogP contribution in [0.5, 0.6) is 0 Å². The Kier molecular flexibility index (Phi) is 6.96. The van der Waals surface area contributed by atoms with Gasteiger partial charge in [0.15, 0.2) is 6.61 Å². The second-order valence-corrected chi connectivity index (χ2v) is 7.57. The SMILES string of the molecule is O=C(COC(=O)c1cc([N+](=O)[O-])ccc1N1CCCC1)NC(=O)NCc1cccs1. The monoisotopic (exact) mass is 432 g/mol. The highest BCUT2D eigenvalue weighted by atomic mass is 32.1. The fourth-order valence-electron chi connectivity index (χ4n) is 3.03. The maximum atomic E-state index is 12.5. The Morgan fingerprint density at radius 3 is 2.63 bits per heavy atom. The van der Waals surface area contributed by atoms with E-state index >= 15 is 0 Å². The maximum absolute atomic E-state index is 12.5. The quantitative estimate of drug-likeness (QED) is 0.390. The van der Waals surface area contributed by atoms with Crippen LogP contribution in [-0.4, -0.2) is 42.5 Å². The van der Waals surface area contributed by atoms with Crippen molar-refractivity contribution in [3.8, 4) is 0 Å². The number of hydrogen-bond acceptors (Lipinski definition) is 8. The van der Waals surface area contributed by atoms with Crippen molar-refractivity contribution in [2.24, 2.45) is 0 Å². The van der Waals surface area contributed by atoms with E-state index in [1.54, 1.807) is 0 Å². The molecule has 11 heteroatoms. The Morgan fingerprint density at radius 1 is 1.20 bits per heavy atom. The van der Waals surface area contributed by atoms with E-state index in [0.717, 1.165) is 36.9 Å². The lowest BCUT2D eigenvalue weighted by molar-refractivity contribution is -0.384. The van der Waals surface area contributed by atoms with Gasteiger partial charge in [0.2, 0.25) is 0 Å². The Bertz CT molecular complexity index is 941. The van der Waals surface area contributed by atoms with Gasteiger partial charge in [-0.2, -0.15) is 0 Å². The first kappa shape index (κ1) is 21.2. The molecule has 1 aliphatic heterocycles.